The summed E-state index contributed by atoms with van der Waals surface area (Å²) in [5.41, 5.74) is 0.421. The highest BCUT2D eigenvalue weighted by Crippen LogP contribution is 2.36. The van der Waals surface area contributed by atoms with Crippen molar-refractivity contribution in [1.29, 1.82) is 0 Å². The number of hydrogen-bond acceptors (Lipinski definition) is 1. The van der Waals surface area contributed by atoms with Crippen LogP contribution in [0.25, 0.3) is 0 Å². The van der Waals surface area contributed by atoms with Gasteiger partial charge in [0.2, 0.25) is 0 Å². The van der Waals surface area contributed by atoms with Gasteiger partial charge in [0.15, 0.2) is 0 Å². The Morgan fingerprint density at radius 3 is 2.20 bits per heavy atom. The minimum atomic E-state index is -4.26. The summed E-state index contributed by atoms with van der Waals surface area (Å²) < 4.78 is 43.1. The Morgan fingerprint density at radius 2 is 1.70 bits per heavy atom. The Balaban J connectivity index is 1.92. The topological polar surface area (TPSA) is 9.23 Å². The Hall–Kier alpha value is -1.29. The second-order valence-corrected chi connectivity index (χ2v) is 5.22. The lowest BCUT2D eigenvalue weighted by molar-refractivity contribution is -0.137. The minimum Gasteiger partial charge on any atom is -0.374 e. The van der Waals surface area contributed by atoms with Crippen molar-refractivity contribution in [2.45, 2.75) is 43.9 Å². The van der Waals surface area contributed by atoms with Crippen molar-refractivity contribution < 1.29 is 17.9 Å². The second-order valence-electron chi connectivity index (χ2n) is 5.22. The van der Waals surface area contributed by atoms with Crippen LogP contribution in [0, 0.1) is 0 Å². The van der Waals surface area contributed by atoms with Crippen LogP contribution in [-0.2, 0) is 10.9 Å². The molecule has 2 rings (SSSR count). The molecule has 1 saturated carbocycles. The normalized spacial score (nSPS) is 23.6. The van der Waals surface area contributed by atoms with Gasteiger partial charge in [0.1, 0.15) is 0 Å². The number of hydrogen-bond donors (Lipinski definition) is 0. The summed E-state index contributed by atoms with van der Waals surface area (Å²) in [4.78, 5) is 0. The third-order valence-electron chi connectivity index (χ3n) is 3.83. The number of alkyl halides is 3. The van der Waals surface area contributed by atoms with E-state index in [0.29, 0.717) is 12.5 Å². The maximum absolute atomic E-state index is 12.5. The fraction of sp³-hybridized carbons (Fsp3) is 0.500. The number of ether oxygens (including phenoxy) is 1. The lowest BCUT2D eigenvalue weighted by Crippen LogP contribution is -2.21. The molecule has 0 unspecified atom stereocenters. The molecule has 0 atom stereocenters. The first kappa shape index (κ1) is 15.1. The van der Waals surface area contributed by atoms with E-state index >= 15 is 0 Å². The van der Waals surface area contributed by atoms with E-state index in [9.17, 15) is 13.2 Å². The van der Waals surface area contributed by atoms with Gasteiger partial charge in [-0.2, -0.15) is 13.2 Å². The molecule has 0 saturated heterocycles. The minimum absolute atomic E-state index is 0.263. The maximum atomic E-state index is 12.5. The molecule has 4 heteroatoms. The molecule has 1 aliphatic rings. The van der Waals surface area contributed by atoms with Gasteiger partial charge in [-0.25, -0.2) is 0 Å². The number of halogens is 3. The largest absolute Gasteiger partial charge is 0.416 e. The fourth-order valence-electron chi connectivity index (χ4n) is 2.71. The van der Waals surface area contributed by atoms with E-state index in [1.54, 1.807) is 18.2 Å². The van der Waals surface area contributed by atoms with Gasteiger partial charge in [-0.05, 0) is 49.3 Å². The van der Waals surface area contributed by atoms with Crippen LogP contribution in [0.5, 0.6) is 0 Å². The zero-order valence-electron chi connectivity index (χ0n) is 11.3. The summed E-state index contributed by atoms with van der Waals surface area (Å²) in [6.45, 7) is 4.18. The van der Waals surface area contributed by atoms with Crippen LogP contribution in [0.3, 0.4) is 0 Å². The van der Waals surface area contributed by atoms with Crippen LogP contribution in [0.1, 0.15) is 42.7 Å². The van der Waals surface area contributed by atoms with Crippen LogP contribution in [0.15, 0.2) is 36.9 Å². The van der Waals surface area contributed by atoms with Crippen molar-refractivity contribution in [1.82, 2.24) is 0 Å². The molecular weight excluding hydrogens is 265 g/mol. The van der Waals surface area contributed by atoms with Gasteiger partial charge < -0.3 is 4.74 Å². The molecule has 1 aromatic rings. The van der Waals surface area contributed by atoms with Crippen LogP contribution >= 0.6 is 0 Å². The number of rotatable bonds is 4. The molecule has 0 amide bonds. The molecule has 0 spiro atoms. The lowest BCUT2D eigenvalue weighted by Gasteiger charge is -2.28. The Bertz CT molecular complexity index is 428. The van der Waals surface area contributed by atoms with Crippen molar-refractivity contribution in [3.63, 3.8) is 0 Å². The molecule has 0 aliphatic heterocycles. The molecule has 1 aliphatic carbocycles. The van der Waals surface area contributed by atoms with E-state index < -0.39 is 11.7 Å². The van der Waals surface area contributed by atoms with Gasteiger partial charge in [-0.1, -0.05) is 18.2 Å². The summed E-state index contributed by atoms with van der Waals surface area (Å²) in [6.07, 6.45) is 1.59. The third-order valence-corrected chi connectivity index (χ3v) is 3.83. The summed E-state index contributed by atoms with van der Waals surface area (Å²) >= 11 is 0. The first-order valence-electron chi connectivity index (χ1n) is 6.90. The monoisotopic (exact) mass is 284 g/mol. The van der Waals surface area contributed by atoms with E-state index in [2.05, 4.69) is 6.58 Å². The second kappa shape index (κ2) is 6.44. The predicted octanol–water partition coefficient (Wildman–Crippen LogP) is 4.93. The van der Waals surface area contributed by atoms with Gasteiger partial charge in [0.05, 0.1) is 18.3 Å². The van der Waals surface area contributed by atoms with Crippen molar-refractivity contribution >= 4 is 0 Å². The first-order valence-corrected chi connectivity index (χ1v) is 6.90. The van der Waals surface area contributed by atoms with Crippen molar-refractivity contribution in [2.75, 3.05) is 6.61 Å². The third kappa shape index (κ3) is 3.85. The van der Waals surface area contributed by atoms with Gasteiger partial charge in [0, 0.05) is 0 Å². The van der Waals surface area contributed by atoms with Crippen molar-refractivity contribution in [3.8, 4) is 0 Å². The Morgan fingerprint density at radius 1 is 1.10 bits per heavy atom. The predicted molar refractivity (Wildman–Crippen MR) is 72.6 cm³/mol. The van der Waals surface area contributed by atoms with Crippen molar-refractivity contribution in [2.24, 2.45) is 0 Å². The SMILES string of the molecule is C=CCO[C@H]1CC[C@H](c2ccc(C(F)(F)F)cc2)CC1. The van der Waals surface area contributed by atoms with Gasteiger partial charge in [0.25, 0.3) is 0 Å². The lowest BCUT2D eigenvalue weighted by atomic mass is 9.82. The highest BCUT2D eigenvalue weighted by molar-refractivity contribution is 5.27. The first-order chi connectivity index (χ1) is 9.50. The smallest absolute Gasteiger partial charge is 0.374 e. The van der Waals surface area contributed by atoms with Gasteiger partial charge in [-0.15, -0.1) is 6.58 Å². The summed E-state index contributed by atoms with van der Waals surface area (Å²) in [5.74, 6) is 0.348. The highest BCUT2D eigenvalue weighted by Gasteiger charge is 2.30. The van der Waals surface area contributed by atoms with Crippen molar-refractivity contribution in [3.05, 3.63) is 48.0 Å². The summed E-state index contributed by atoms with van der Waals surface area (Å²) in [7, 11) is 0. The zero-order chi connectivity index (χ0) is 14.6. The van der Waals surface area contributed by atoms with Gasteiger partial charge in [-0.3, -0.25) is 0 Å². The molecule has 1 nitrogen and oxygen atoms in total. The molecule has 1 fully saturated rings. The zero-order valence-corrected chi connectivity index (χ0v) is 11.3. The van der Waals surface area contributed by atoms with E-state index in [0.717, 1.165) is 31.2 Å². The average Bonchev–Trinajstić information content (AvgIpc) is 2.45. The average molecular weight is 284 g/mol. The number of benzene rings is 1. The maximum Gasteiger partial charge on any atom is 0.416 e. The standard InChI is InChI=1S/C16H19F3O/c1-2-11-20-15-9-5-13(6-10-15)12-3-7-14(8-4-12)16(17,18)19/h2-4,7-8,13,15H,1,5-6,9-11H2/t13-,15-. The highest BCUT2D eigenvalue weighted by atomic mass is 19.4. The molecule has 0 bridgehead atoms. The molecular formula is C16H19F3O. The summed E-state index contributed by atoms with van der Waals surface area (Å²) in [6, 6.07) is 5.57. The molecule has 1 aromatic carbocycles. The molecule has 0 radical (unpaired) electrons. The molecule has 0 aromatic heterocycles. The fourth-order valence-corrected chi connectivity index (χ4v) is 2.71. The van der Waals surface area contributed by atoms with Crippen LogP contribution < -0.4 is 0 Å². The summed E-state index contributed by atoms with van der Waals surface area (Å²) in [5, 5.41) is 0. The van der Waals surface area contributed by atoms with E-state index in [1.807, 2.05) is 0 Å². The Labute approximate surface area is 117 Å². The molecule has 20 heavy (non-hydrogen) atoms. The quantitative estimate of drug-likeness (QED) is 0.712. The van der Waals surface area contributed by atoms with Crippen LogP contribution in [-0.4, -0.2) is 12.7 Å². The molecule has 0 heterocycles. The molecule has 110 valence electrons. The van der Waals surface area contributed by atoms with E-state index in [4.69, 9.17) is 4.74 Å². The van der Waals surface area contributed by atoms with Crippen LogP contribution in [0.4, 0.5) is 13.2 Å². The molecule has 0 N–H and O–H groups in total. The van der Waals surface area contributed by atoms with E-state index in [1.165, 1.54) is 12.1 Å². The van der Waals surface area contributed by atoms with Gasteiger partial charge >= 0.3 is 6.18 Å². The van der Waals surface area contributed by atoms with E-state index in [-0.39, 0.29) is 6.10 Å². The Kier molecular flexibility index (Phi) is 4.86. The van der Waals surface area contributed by atoms with Crippen LogP contribution in [0.2, 0.25) is 0 Å².